The summed E-state index contributed by atoms with van der Waals surface area (Å²) in [6.45, 7) is 0.430. The van der Waals surface area contributed by atoms with E-state index in [2.05, 4.69) is 5.32 Å². The van der Waals surface area contributed by atoms with Gasteiger partial charge < -0.3 is 24.3 Å². The van der Waals surface area contributed by atoms with Crippen LogP contribution in [0.25, 0.3) is 6.08 Å². The molecule has 9 heteroatoms. The number of nitrogens with zero attached hydrogens (tertiary/aromatic N) is 1. The van der Waals surface area contributed by atoms with Crippen molar-refractivity contribution in [3.05, 3.63) is 83.3 Å². The van der Waals surface area contributed by atoms with Crippen LogP contribution in [0.5, 0.6) is 23.0 Å². The van der Waals surface area contributed by atoms with E-state index in [1.807, 2.05) is 12.1 Å². The van der Waals surface area contributed by atoms with Gasteiger partial charge in [-0.2, -0.15) is 0 Å². The van der Waals surface area contributed by atoms with E-state index in [0.29, 0.717) is 34.4 Å². The third-order valence-corrected chi connectivity index (χ3v) is 5.60. The summed E-state index contributed by atoms with van der Waals surface area (Å²) < 4.78 is 35.4. The molecule has 0 aromatic heterocycles. The fraction of sp³-hybridized carbons (Fsp3) is 0.120. The van der Waals surface area contributed by atoms with E-state index in [9.17, 15) is 9.18 Å². The van der Waals surface area contributed by atoms with Gasteiger partial charge in [0.25, 0.3) is 5.91 Å². The van der Waals surface area contributed by atoms with Gasteiger partial charge in [-0.05, 0) is 72.4 Å². The normalized spacial score (nSPS) is 15.6. The van der Waals surface area contributed by atoms with Crippen molar-refractivity contribution in [1.82, 2.24) is 5.32 Å². The third kappa shape index (κ3) is 4.25. The number of fused-ring (bicyclic) bond motifs is 1. The van der Waals surface area contributed by atoms with Crippen molar-refractivity contribution in [2.75, 3.05) is 18.8 Å². The number of thiocarbonyl (C=S) groups is 1. The molecule has 3 aromatic carbocycles. The quantitative estimate of drug-likeness (QED) is 0.416. The summed E-state index contributed by atoms with van der Waals surface area (Å²) in [5.41, 5.74) is 2.34. The number of benzene rings is 3. The van der Waals surface area contributed by atoms with Crippen LogP contribution in [-0.4, -0.2) is 24.9 Å². The molecule has 0 bridgehead atoms. The first-order chi connectivity index (χ1) is 16.5. The number of hydrogen-bond acceptors (Lipinski definition) is 6. The average Bonchev–Trinajstić information content (AvgIpc) is 3.42. The van der Waals surface area contributed by atoms with E-state index in [1.54, 1.807) is 37.5 Å². The Bertz CT molecular complexity index is 1310. The molecule has 2 aliphatic rings. The van der Waals surface area contributed by atoms with Crippen LogP contribution in [0.1, 0.15) is 11.1 Å². The van der Waals surface area contributed by atoms with Gasteiger partial charge in [0.1, 0.15) is 29.6 Å². The number of rotatable bonds is 6. The van der Waals surface area contributed by atoms with Crippen LogP contribution >= 0.6 is 12.2 Å². The van der Waals surface area contributed by atoms with Crippen LogP contribution in [0.3, 0.4) is 0 Å². The number of hydrogen-bond donors (Lipinski definition) is 1. The number of nitrogens with one attached hydrogen (secondary N) is 1. The zero-order valence-corrected chi connectivity index (χ0v) is 18.9. The number of anilines is 1. The van der Waals surface area contributed by atoms with Gasteiger partial charge >= 0.3 is 0 Å². The summed E-state index contributed by atoms with van der Waals surface area (Å²) >= 11 is 5.32. The Kier molecular flexibility index (Phi) is 5.77. The van der Waals surface area contributed by atoms with E-state index in [-0.39, 0.29) is 24.4 Å². The van der Waals surface area contributed by atoms with Crippen molar-refractivity contribution >= 4 is 35.0 Å². The van der Waals surface area contributed by atoms with Gasteiger partial charge in [-0.1, -0.05) is 6.07 Å². The lowest BCUT2D eigenvalue weighted by Crippen LogP contribution is -2.30. The summed E-state index contributed by atoms with van der Waals surface area (Å²) in [7, 11) is 1.58. The first kappa shape index (κ1) is 21.7. The highest BCUT2D eigenvalue weighted by Crippen LogP contribution is 2.35. The minimum absolute atomic E-state index is 0.193. The van der Waals surface area contributed by atoms with Crippen molar-refractivity contribution in [2.24, 2.45) is 0 Å². The second kappa shape index (κ2) is 9.03. The van der Waals surface area contributed by atoms with Crippen molar-refractivity contribution in [3.8, 4) is 23.0 Å². The topological polar surface area (TPSA) is 69.3 Å². The van der Waals surface area contributed by atoms with E-state index >= 15 is 0 Å². The van der Waals surface area contributed by atoms with Gasteiger partial charge in [0, 0.05) is 11.6 Å². The first-order valence-electron chi connectivity index (χ1n) is 10.3. The molecule has 0 radical (unpaired) electrons. The number of methoxy groups -OCH3 is 1. The Balaban J connectivity index is 1.36. The maximum atomic E-state index is 13.3. The molecule has 5 rings (SSSR count). The summed E-state index contributed by atoms with van der Waals surface area (Å²) in [4.78, 5) is 14.3. The van der Waals surface area contributed by atoms with Crippen molar-refractivity contribution in [2.45, 2.75) is 6.61 Å². The number of amides is 1. The molecule has 0 unspecified atom stereocenters. The summed E-state index contributed by atoms with van der Waals surface area (Å²) in [5, 5.41) is 3.16. The summed E-state index contributed by atoms with van der Waals surface area (Å²) in [6.07, 6.45) is 1.70. The molecule has 34 heavy (non-hydrogen) atoms. The Morgan fingerprint density at radius 1 is 1.09 bits per heavy atom. The van der Waals surface area contributed by atoms with Crippen molar-refractivity contribution < 1.29 is 28.1 Å². The molecule has 1 amide bonds. The number of ether oxygens (including phenoxy) is 4. The molecule has 7 nitrogen and oxygen atoms in total. The molecule has 2 aliphatic heterocycles. The molecule has 0 aliphatic carbocycles. The Morgan fingerprint density at radius 2 is 1.88 bits per heavy atom. The highest BCUT2D eigenvalue weighted by Gasteiger charge is 2.32. The largest absolute Gasteiger partial charge is 0.496 e. The number of halogens is 1. The molecule has 2 heterocycles. The lowest BCUT2D eigenvalue weighted by Gasteiger charge is -2.13. The van der Waals surface area contributed by atoms with Crippen molar-refractivity contribution in [1.29, 1.82) is 0 Å². The molecule has 0 atom stereocenters. The lowest BCUT2D eigenvalue weighted by molar-refractivity contribution is -0.113. The minimum atomic E-state index is -0.390. The van der Waals surface area contributed by atoms with E-state index in [4.69, 9.17) is 31.2 Å². The number of carbonyl (C=O) groups is 1. The maximum Gasteiger partial charge on any atom is 0.281 e. The lowest BCUT2D eigenvalue weighted by atomic mass is 10.1. The van der Waals surface area contributed by atoms with Gasteiger partial charge in [-0.3, -0.25) is 9.69 Å². The summed E-state index contributed by atoms with van der Waals surface area (Å²) in [6, 6.07) is 16.4. The smallest absolute Gasteiger partial charge is 0.281 e. The van der Waals surface area contributed by atoms with Crippen molar-refractivity contribution in [3.63, 3.8) is 0 Å². The highest BCUT2D eigenvalue weighted by atomic mass is 32.1. The Labute approximate surface area is 200 Å². The summed E-state index contributed by atoms with van der Waals surface area (Å²) in [5.74, 6) is 1.87. The SMILES string of the molecule is COc1ccc(/C=C2/NC(=S)N(c3ccc(F)cc3)C2=O)cc1COc1ccc2c(c1)OCO2. The number of carbonyl (C=O) groups excluding carboxylic acids is 1. The highest BCUT2D eigenvalue weighted by molar-refractivity contribution is 7.80. The molecule has 3 aromatic rings. The predicted molar refractivity (Wildman–Crippen MR) is 127 cm³/mol. The average molecular weight is 479 g/mol. The first-order valence-corrected chi connectivity index (χ1v) is 10.7. The zero-order chi connectivity index (χ0) is 23.7. The second-order valence-electron chi connectivity index (χ2n) is 7.48. The van der Waals surface area contributed by atoms with Crippen LogP contribution in [-0.2, 0) is 11.4 Å². The molecule has 0 saturated carbocycles. The van der Waals surface area contributed by atoms with E-state index < -0.39 is 5.82 Å². The predicted octanol–water partition coefficient (Wildman–Crippen LogP) is 4.40. The van der Waals surface area contributed by atoms with E-state index in [1.165, 1.54) is 29.2 Å². The Morgan fingerprint density at radius 3 is 2.68 bits per heavy atom. The van der Waals surface area contributed by atoms with Gasteiger partial charge in [-0.15, -0.1) is 0 Å². The molecule has 1 N–H and O–H groups in total. The van der Waals surface area contributed by atoms with Gasteiger partial charge in [0.2, 0.25) is 6.79 Å². The van der Waals surface area contributed by atoms with Crippen LogP contribution < -0.4 is 29.2 Å². The second-order valence-corrected chi connectivity index (χ2v) is 7.87. The molecule has 172 valence electrons. The van der Waals surface area contributed by atoms with Crippen LogP contribution in [0.2, 0.25) is 0 Å². The third-order valence-electron chi connectivity index (χ3n) is 5.32. The minimum Gasteiger partial charge on any atom is -0.496 e. The molecule has 1 saturated heterocycles. The standard InChI is InChI=1S/C25H19FN2O5S/c1-30-21-8-2-15(10-16(21)13-31-19-7-9-22-23(12-19)33-14-32-22)11-20-24(29)28(25(34)27-20)18-5-3-17(26)4-6-18/h2-12H,13-14H2,1H3,(H,27,34)/b20-11+. The van der Waals surface area contributed by atoms with Gasteiger partial charge in [0.15, 0.2) is 16.6 Å². The van der Waals surface area contributed by atoms with Gasteiger partial charge in [0.05, 0.1) is 12.8 Å². The van der Waals surface area contributed by atoms with Crippen LogP contribution in [0, 0.1) is 5.82 Å². The maximum absolute atomic E-state index is 13.3. The Hall–Kier alpha value is -4.11. The fourth-order valence-electron chi connectivity index (χ4n) is 3.66. The molecule has 1 fully saturated rings. The van der Waals surface area contributed by atoms with Crippen LogP contribution in [0.15, 0.2) is 66.4 Å². The molecular formula is C25H19FN2O5S. The zero-order valence-electron chi connectivity index (χ0n) is 18.0. The van der Waals surface area contributed by atoms with Gasteiger partial charge in [-0.25, -0.2) is 4.39 Å². The van der Waals surface area contributed by atoms with Crippen LogP contribution in [0.4, 0.5) is 10.1 Å². The molecular weight excluding hydrogens is 459 g/mol. The monoisotopic (exact) mass is 478 g/mol. The van der Waals surface area contributed by atoms with E-state index in [0.717, 1.165) is 11.1 Å². The molecule has 0 spiro atoms. The fourth-order valence-corrected chi connectivity index (χ4v) is 3.95.